The smallest absolute Gasteiger partial charge is 0.281 e. The molecule has 1 saturated heterocycles. The van der Waals surface area contributed by atoms with Gasteiger partial charge in [0.1, 0.15) is 0 Å². The van der Waals surface area contributed by atoms with Gasteiger partial charge in [-0.3, -0.25) is 0 Å². The fourth-order valence-corrected chi connectivity index (χ4v) is 4.11. The molecule has 0 aliphatic carbocycles. The predicted molar refractivity (Wildman–Crippen MR) is 103 cm³/mol. The van der Waals surface area contributed by atoms with E-state index < -0.39 is 16.3 Å². The van der Waals surface area contributed by atoms with Crippen LogP contribution in [-0.4, -0.2) is 61.9 Å². The Balaban J connectivity index is 1.50. The summed E-state index contributed by atoms with van der Waals surface area (Å²) in [4.78, 5) is 0. The van der Waals surface area contributed by atoms with Crippen molar-refractivity contribution in [2.45, 2.75) is 12.1 Å². The molecule has 0 saturated carbocycles. The Morgan fingerprint density at radius 3 is 2.23 bits per heavy atom. The average Bonchev–Trinajstić information content (AvgIpc) is 2.60. The lowest BCUT2D eigenvalue weighted by Gasteiger charge is -2.40. The third-order valence-electron chi connectivity index (χ3n) is 4.64. The van der Waals surface area contributed by atoms with Gasteiger partial charge in [-0.05, 0) is 16.7 Å². The SMILES string of the molecule is CN(C)S(=O)(=O)N1CC(NCC(O)c2ccc(-c3ccccc3)cc2)C1. The summed E-state index contributed by atoms with van der Waals surface area (Å²) in [6.45, 7) is 1.26. The molecule has 3 rings (SSSR count). The molecule has 1 atom stereocenters. The van der Waals surface area contributed by atoms with Crippen molar-refractivity contribution in [2.24, 2.45) is 0 Å². The number of aliphatic hydroxyl groups is 1. The van der Waals surface area contributed by atoms with Crippen LogP contribution < -0.4 is 5.32 Å². The van der Waals surface area contributed by atoms with Gasteiger partial charge in [0.25, 0.3) is 10.2 Å². The summed E-state index contributed by atoms with van der Waals surface area (Å²) < 4.78 is 26.5. The molecule has 2 aromatic rings. The second kappa shape index (κ2) is 7.85. The molecule has 140 valence electrons. The number of benzene rings is 2. The Kier molecular flexibility index (Phi) is 5.74. The summed E-state index contributed by atoms with van der Waals surface area (Å²) >= 11 is 0. The van der Waals surface area contributed by atoms with E-state index in [0.717, 1.165) is 16.7 Å². The van der Waals surface area contributed by atoms with Crippen molar-refractivity contribution < 1.29 is 13.5 Å². The number of nitrogens with one attached hydrogen (secondary N) is 1. The van der Waals surface area contributed by atoms with Gasteiger partial charge in [-0.15, -0.1) is 0 Å². The van der Waals surface area contributed by atoms with Crippen molar-refractivity contribution in [1.29, 1.82) is 0 Å². The molecule has 0 radical (unpaired) electrons. The van der Waals surface area contributed by atoms with Crippen molar-refractivity contribution in [3.8, 4) is 11.1 Å². The molecule has 0 spiro atoms. The Morgan fingerprint density at radius 1 is 1.08 bits per heavy atom. The molecule has 7 heteroatoms. The van der Waals surface area contributed by atoms with Gasteiger partial charge in [-0.25, -0.2) is 0 Å². The summed E-state index contributed by atoms with van der Waals surface area (Å²) in [6.07, 6.45) is -0.626. The molecule has 1 heterocycles. The first-order valence-electron chi connectivity index (χ1n) is 8.62. The van der Waals surface area contributed by atoms with Gasteiger partial charge in [-0.1, -0.05) is 54.6 Å². The van der Waals surface area contributed by atoms with Crippen LogP contribution in [0.25, 0.3) is 11.1 Å². The molecule has 26 heavy (non-hydrogen) atoms. The van der Waals surface area contributed by atoms with Gasteiger partial charge in [0.2, 0.25) is 0 Å². The average molecular weight is 375 g/mol. The zero-order valence-corrected chi connectivity index (χ0v) is 15.9. The Bertz CT molecular complexity index is 817. The number of hydrogen-bond acceptors (Lipinski definition) is 4. The standard InChI is InChI=1S/C19H25N3O3S/c1-21(2)26(24,25)22-13-18(14-22)20-12-19(23)17-10-8-16(9-11-17)15-6-4-3-5-7-15/h3-11,18-20,23H,12-14H2,1-2H3. The summed E-state index contributed by atoms with van der Waals surface area (Å²) in [7, 11) is -0.277. The summed E-state index contributed by atoms with van der Waals surface area (Å²) in [5.41, 5.74) is 3.09. The van der Waals surface area contributed by atoms with E-state index in [-0.39, 0.29) is 6.04 Å². The molecular weight excluding hydrogens is 350 g/mol. The molecule has 2 aromatic carbocycles. The normalized spacial score (nSPS) is 17.2. The van der Waals surface area contributed by atoms with Crippen LogP contribution in [0.4, 0.5) is 0 Å². The highest BCUT2D eigenvalue weighted by Crippen LogP contribution is 2.22. The Hall–Kier alpha value is -1.77. The van der Waals surface area contributed by atoms with E-state index in [0.29, 0.717) is 19.6 Å². The number of aliphatic hydroxyl groups excluding tert-OH is 1. The summed E-state index contributed by atoms with van der Waals surface area (Å²) in [6, 6.07) is 18.0. The number of hydrogen-bond donors (Lipinski definition) is 2. The summed E-state index contributed by atoms with van der Waals surface area (Å²) in [5.74, 6) is 0. The Labute approximate surface area is 155 Å². The van der Waals surface area contributed by atoms with E-state index in [1.807, 2.05) is 42.5 Å². The molecule has 6 nitrogen and oxygen atoms in total. The maximum Gasteiger partial charge on any atom is 0.281 e. The number of rotatable bonds is 7. The van der Waals surface area contributed by atoms with Crippen LogP contribution in [0.3, 0.4) is 0 Å². The first-order chi connectivity index (χ1) is 12.4. The lowest BCUT2D eigenvalue weighted by molar-refractivity contribution is 0.147. The van der Waals surface area contributed by atoms with E-state index in [1.54, 1.807) is 0 Å². The van der Waals surface area contributed by atoms with Crippen molar-refractivity contribution in [3.63, 3.8) is 0 Å². The van der Waals surface area contributed by atoms with Gasteiger partial charge in [0, 0.05) is 39.8 Å². The zero-order valence-electron chi connectivity index (χ0n) is 15.0. The molecule has 1 aliphatic rings. The first-order valence-corrected chi connectivity index (χ1v) is 10.0. The monoisotopic (exact) mass is 375 g/mol. The third kappa shape index (κ3) is 4.13. The topological polar surface area (TPSA) is 72.9 Å². The highest BCUT2D eigenvalue weighted by Gasteiger charge is 2.36. The van der Waals surface area contributed by atoms with E-state index in [2.05, 4.69) is 17.4 Å². The third-order valence-corrected chi connectivity index (χ3v) is 6.51. The molecule has 2 N–H and O–H groups in total. The van der Waals surface area contributed by atoms with Gasteiger partial charge in [0.15, 0.2) is 0 Å². The van der Waals surface area contributed by atoms with Crippen LogP contribution in [0.1, 0.15) is 11.7 Å². The number of nitrogens with zero attached hydrogens (tertiary/aromatic N) is 2. The minimum Gasteiger partial charge on any atom is -0.387 e. The molecule has 0 aromatic heterocycles. The van der Waals surface area contributed by atoms with Gasteiger partial charge in [0.05, 0.1) is 6.10 Å². The lowest BCUT2D eigenvalue weighted by Crippen LogP contribution is -2.62. The Morgan fingerprint density at radius 2 is 1.65 bits per heavy atom. The van der Waals surface area contributed by atoms with Crippen molar-refractivity contribution in [2.75, 3.05) is 33.7 Å². The molecule has 1 unspecified atom stereocenters. The second-order valence-corrected chi connectivity index (χ2v) is 8.86. The maximum atomic E-state index is 11.9. The molecule has 1 aliphatic heterocycles. The fraction of sp³-hybridized carbons (Fsp3) is 0.368. The van der Waals surface area contributed by atoms with E-state index in [1.165, 1.54) is 22.7 Å². The quantitative estimate of drug-likeness (QED) is 0.769. The van der Waals surface area contributed by atoms with E-state index in [4.69, 9.17) is 0 Å². The van der Waals surface area contributed by atoms with E-state index in [9.17, 15) is 13.5 Å². The van der Waals surface area contributed by atoms with Crippen LogP contribution in [0.2, 0.25) is 0 Å². The van der Waals surface area contributed by atoms with Crippen LogP contribution in [0, 0.1) is 0 Å². The lowest BCUT2D eigenvalue weighted by atomic mass is 10.0. The van der Waals surface area contributed by atoms with Gasteiger partial charge in [-0.2, -0.15) is 17.0 Å². The maximum absolute atomic E-state index is 11.9. The van der Waals surface area contributed by atoms with Gasteiger partial charge < -0.3 is 10.4 Å². The minimum absolute atomic E-state index is 0.0722. The van der Waals surface area contributed by atoms with E-state index >= 15 is 0 Å². The largest absolute Gasteiger partial charge is 0.387 e. The first kappa shape index (κ1) is 19.0. The predicted octanol–water partition coefficient (Wildman–Crippen LogP) is 1.47. The van der Waals surface area contributed by atoms with Crippen molar-refractivity contribution in [3.05, 3.63) is 60.2 Å². The fourth-order valence-electron chi connectivity index (χ4n) is 2.91. The highest BCUT2D eigenvalue weighted by atomic mass is 32.2. The van der Waals surface area contributed by atoms with Gasteiger partial charge >= 0.3 is 0 Å². The molecular formula is C19H25N3O3S. The van der Waals surface area contributed by atoms with Crippen molar-refractivity contribution >= 4 is 10.2 Å². The van der Waals surface area contributed by atoms with Crippen LogP contribution in [-0.2, 0) is 10.2 Å². The van der Waals surface area contributed by atoms with Crippen molar-refractivity contribution in [1.82, 2.24) is 13.9 Å². The zero-order chi connectivity index (χ0) is 18.7. The highest BCUT2D eigenvalue weighted by molar-refractivity contribution is 7.86. The molecule has 0 amide bonds. The summed E-state index contributed by atoms with van der Waals surface area (Å²) in [5, 5.41) is 13.6. The minimum atomic E-state index is -3.33. The molecule has 0 bridgehead atoms. The van der Waals surface area contributed by atoms with Crippen LogP contribution in [0.5, 0.6) is 0 Å². The second-order valence-electron chi connectivity index (χ2n) is 6.72. The van der Waals surface area contributed by atoms with Crippen LogP contribution >= 0.6 is 0 Å². The molecule has 1 fully saturated rings. The van der Waals surface area contributed by atoms with Crippen LogP contribution in [0.15, 0.2) is 54.6 Å².